The van der Waals surface area contributed by atoms with Crippen molar-refractivity contribution in [1.29, 1.82) is 0 Å². The predicted molar refractivity (Wildman–Crippen MR) is 48.7 cm³/mol. The Morgan fingerprint density at radius 3 is 2.27 bits per heavy atom. The molecule has 0 aliphatic carbocycles. The van der Waals surface area contributed by atoms with E-state index in [1.165, 1.54) is 0 Å². The van der Waals surface area contributed by atoms with Gasteiger partial charge in [0.2, 0.25) is 0 Å². The molecule has 0 radical (unpaired) electrons. The highest BCUT2D eigenvalue weighted by Crippen LogP contribution is 2.17. The molecular weight excluding hydrogens is 136 g/mol. The van der Waals surface area contributed by atoms with Gasteiger partial charge in [-0.25, -0.2) is 0 Å². The number of hydrazone groups is 1. The van der Waals surface area contributed by atoms with E-state index in [9.17, 15) is 0 Å². The molecule has 0 fully saturated rings. The van der Waals surface area contributed by atoms with Crippen LogP contribution >= 0.6 is 0 Å². The normalized spacial score (nSPS) is 24.2. The zero-order chi connectivity index (χ0) is 8.43. The van der Waals surface area contributed by atoms with Crippen LogP contribution in [0.2, 0.25) is 0 Å². The summed E-state index contributed by atoms with van der Waals surface area (Å²) < 4.78 is 0. The lowest BCUT2D eigenvalue weighted by Gasteiger charge is -2.20. The molecule has 0 spiro atoms. The minimum Gasteiger partial charge on any atom is -0.294 e. The minimum atomic E-state index is 0.551. The van der Waals surface area contributed by atoms with E-state index in [0.717, 1.165) is 12.5 Å². The molecule has 0 saturated carbocycles. The van der Waals surface area contributed by atoms with Crippen LogP contribution in [-0.4, -0.2) is 23.8 Å². The number of nitrogens with zero attached hydrogens (tertiary/aromatic N) is 2. The van der Waals surface area contributed by atoms with Gasteiger partial charge < -0.3 is 0 Å². The van der Waals surface area contributed by atoms with E-state index in [1.54, 1.807) is 0 Å². The average molecular weight is 154 g/mol. The van der Waals surface area contributed by atoms with Gasteiger partial charge in [-0.2, -0.15) is 5.10 Å². The molecule has 0 amide bonds. The Morgan fingerprint density at radius 1 is 1.36 bits per heavy atom. The van der Waals surface area contributed by atoms with Gasteiger partial charge >= 0.3 is 0 Å². The van der Waals surface area contributed by atoms with Gasteiger partial charge in [0.25, 0.3) is 0 Å². The monoisotopic (exact) mass is 154 g/mol. The van der Waals surface area contributed by atoms with Gasteiger partial charge in [0.15, 0.2) is 0 Å². The Hall–Kier alpha value is -0.530. The molecule has 2 heteroatoms. The quantitative estimate of drug-likeness (QED) is 0.593. The van der Waals surface area contributed by atoms with Crippen molar-refractivity contribution in [3.05, 3.63) is 0 Å². The first-order valence-corrected chi connectivity index (χ1v) is 4.42. The van der Waals surface area contributed by atoms with E-state index in [0.29, 0.717) is 12.0 Å². The van der Waals surface area contributed by atoms with Crippen LogP contribution in [0.4, 0.5) is 0 Å². The fourth-order valence-corrected chi connectivity index (χ4v) is 1.21. The minimum absolute atomic E-state index is 0.551. The van der Waals surface area contributed by atoms with Crippen LogP contribution in [0.15, 0.2) is 5.10 Å². The summed E-state index contributed by atoms with van der Waals surface area (Å²) in [4.78, 5) is 0. The summed E-state index contributed by atoms with van der Waals surface area (Å²) in [6.07, 6.45) is 2.09. The topological polar surface area (TPSA) is 15.6 Å². The van der Waals surface area contributed by atoms with Crippen molar-refractivity contribution < 1.29 is 0 Å². The van der Waals surface area contributed by atoms with Crippen LogP contribution in [0.3, 0.4) is 0 Å². The number of hydrogen-bond donors (Lipinski definition) is 0. The fourth-order valence-electron chi connectivity index (χ4n) is 1.21. The van der Waals surface area contributed by atoms with Gasteiger partial charge in [0.1, 0.15) is 0 Å². The molecule has 1 rings (SSSR count). The van der Waals surface area contributed by atoms with Crippen molar-refractivity contribution in [2.24, 2.45) is 16.9 Å². The molecule has 0 saturated heterocycles. The van der Waals surface area contributed by atoms with E-state index < -0.39 is 0 Å². The van der Waals surface area contributed by atoms with Crippen LogP contribution in [0.1, 0.15) is 27.7 Å². The van der Waals surface area contributed by atoms with E-state index in [1.807, 2.05) is 0 Å². The highest BCUT2D eigenvalue weighted by Gasteiger charge is 2.21. The molecule has 0 aromatic carbocycles. The second-order valence-electron chi connectivity index (χ2n) is 3.89. The SMILES string of the molecule is CC(C)C1C=NN(C(C)C)C1. The van der Waals surface area contributed by atoms with Gasteiger partial charge in [-0.15, -0.1) is 0 Å². The van der Waals surface area contributed by atoms with Crippen molar-refractivity contribution in [2.45, 2.75) is 33.7 Å². The first-order valence-electron chi connectivity index (χ1n) is 4.42. The molecule has 1 aliphatic rings. The second kappa shape index (κ2) is 3.24. The van der Waals surface area contributed by atoms with Crippen molar-refractivity contribution in [2.75, 3.05) is 6.54 Å². The molecule has 2 nitrogen and oxygen atoms in total. The summed E-state index contributed by atoms with van der Waals surface area (Å²) >= 11 is 0. The summed E-state index contributed by atoms with van der Waals surface area (Å²) in [5.41, 5.74) is 0. The predicted octanol–water partition coefficient (Wildman–Crippen LogP) is 1.97. The molecule has 11 heavy (non-hydrogen) atoms. The standard InChI is InChI=1S/C9H18N2/c1-7(2)9-5-10-11(6-9)8(3)4/h5,7-9H,6H2,1-4H3. The summed E-state index contributed by atoms with van der Waals surface area (Å²) in [6, 6.07) is 0.551. The Kier molecular flexibility index (Phi) is 2.53. The van der Waals surface area contributed by atoms with Crippen LogP contribution in [-0.2, 0) is 0 Å². The third kappa shape index (κ3) is 1.95. The van der Waals surface area contributed by atoms with Gasteiger partial charge in [-0.1, -0.05) is 13.8 Å². The summed E-state index contributed by atoms with van der Waals surface area (Å²) in [5, 5.41) is 6.50. The van der Waals surface area contributed by atoms with Gasteiger partial charge in [-0.05, 0) is 19.8 Å². The maximum atomic E-state index is 4.35. The first kappa shape index (κ1) is 8.57. The Labute approximate surface area is 69.3 Å². The molecule has 0 bridgehead atoms. The molecule has 1 heterocycles. The largest absolute Gasteiger partial charge is 0.294 e. The Bertz CT molecular complexity index is 134. The van der Waals surface area contributed by atoms with E-state index in [2.05, 4.69) is 44.0 Å². The van der Waals surface area contributed by atoms with Crippen molar-refractivity contribution in [3.8, 4) is 0 Å². The Morgan fingerprint density at radius 2 is 2.00 bits per heavy atom. The van der Waals surface area contributed by atoms with Crippen LogP contribution < -0.4 is 0 Å². The maximum absolute atomic E-state index is 4.35. The lowest BCUT2D eigenvalue weighted by molar-refractivity contribution is 0.227. The lowest BCUT2D eigenvalue weighted by atomic mass is 9.98. The highest BCUT2D eigenvalue weighted by molar-refractivity contribution is 5.62. The van der Waals surface area contributed by atoms with Crippen molar-refractivity contribution >= 4 is 6.21 Å². The highest BCUT2D eigenvalue weighted by atomic mass is 15.5. The molecule has 1 aliphatic heterocycles. The molecule has 1 unspecified atom stereocenters. The van der Waals surface area contributed by atoms with Gasteiger partial charge in [-0.3, -0.25) is 5.01 Å². The molecule has 0 N–H and O–H groups in total. The number of hydrogen-bond acceptors (Lipinski definition) is 2. The molecular formula is C9H18N2. The second-order valence-corrected chi connectivity index (χ2v) is 3.89. The van der Waals surface area contributed by atoms with Crippen molar-refractivity contribution in [1.82, 2.24) is 5.01 Å². The van der Waals surface area contributed by atoms with E-state index in [-0.39, 0.29) is 0 Å². The zero-order valence-electron chi connectivity index (χ0n) is 7.91. The van der Waals surface area contributed by atoms with Gasteiger partial charge in [0, 0.05) is 24.7 Å². The molecule has 0 aromatic heterocycles. The zero-order valence-corrected chi connectivity index (χ0v) is 7.91. The maximum Gasteiger partial charge on any atom is 0.0444 e. The summed E-state index contributed by atoms with van der Waals surface area (Å²) in [5.74, 6) is 1.39. The molecule has 1 atom stereocenters. The Balaban J connectivity index is 2.43. The first-order chi connectivity index (χ1) is 5.11. The van der Waals surface area contributed by atoms with E-state index in [4.69, 9.17) is 0 Å². The van der Waals surface area contributed by atoms with E-state index >= 15 is 0 Å². The fraction of sp³-hybridized carbons (Fsp3) is 0.889. The molecule has 0 aromatic rings. The lowest BCUT2D eigenvalue weighted by Crippen LogP contribution is -2.27. The van der Waals surface area contributed by atoms with Crippen molar-refractivity contribution in [3.63, 3.8) is 0 Å². The van der Waals surface area contributed by atoms with Crippen LogP contribution in [0.25, 0.3) is 0 Å². The third-order valence-corrected chi connectivity index (χ3v) is 2.26. The smallest absolute Gasteiger partial charge is 0.0444 e. The van der Waals surface area contributed by atoms with Crippen LogP contribution in [0.5, 0.6) is 0 Å². The van der Waals surface area contributed by atoms with Crippen LogP contribution in [0, 0.1) is 11.8 Å². The average Bonchev–Trinajstić information content (AvgIpc) is 2.33. The van der Waals surface area contributed by atoms with Gasteiger partial charge in [0.05, 0.1) is 0 Å². The third-order valence-electron chi connectivity index (χ3n) is 2.26. The number of rotatable bonds is 2. The molecule has 64 valence electrons. The summed E-state index contributed by atoms with van der Waals surface area (Å²) in [7, 11) is 0. The summed E-state index contributed by atoms with van der Waals surface area (Å²) in [6.45, 7) is 9.97.